The number of esters is 1. The van der Waals surface area contributed by atoms with Crippen LogP contribution in [0.25, 0.3) is 0 Å². The van der Waals surface area contributed by atoms with Gasteiger partial charge < -0.3 is 19.9 Å². The number of rotatable bonds is 11. The minimum absolute atomic E-state index is 0.128. The van der Waals surface area contributed by atoms with Crippen molar-refractivity contribution in [1.29, 1.82) is 0 Å². The normalized spacial score (nSPS) is 16.0. The highest BCUT2D eigenvalue weighted by molar-refractivity contribution is 7.89. The molecule has 2 unspecified atom stereocenters. The average molecular weight is 547 g/mol. The molecule has 38 heavy (non-hydrogen) atoms. The van der Waals surface area contributed by atoms with E-state index in [0.717, 1.165) is 5.56 Å². The molecule has 1 saturated heterocycles. The summed E-state index contributed by atoms with van der Waals surface area (Å²) in [5.74, 6) is -4.32. The zero-order chi connectivity index (χ0) is 27.9. The van der Waals surface area contributed by atoms with Gasteiger partial charge in [-0.05, 0) is 31.0 Å². The lowest BCUT2D eigenvalue weighted by Crippen LogP contribution is -2.46. The molecule has 2 aromatic rings. The summed E-state index contributed by atoms with van der Waals surface area (Å²) in [6, 6.07) is 11.2. The van der Waals surface area contributed by atoms with Crippen molar-refractivity contribution >= 4 is 39.7 Å². The van der Waals surface area contributed by atoms with E-state index in [4.69, 9.17) is 14.6 Å². The summed E-state index contributed by atoms with van der Waals surface area (Å²) in [5, 5.41) is 11.3. The molecule has 202 valence electrons. The Morgan fingerprint density at radius 1 is 1.05 bits per heavy atom. The molecule has 13 heteroatoms. The maximum Gasteiger partial charge on any atom is 0.408 e. The number of aryl methyl sites for hydroxylation is 1. The van der Waals surface area contributed by atoms with Gasteiger partial charge in [-0.2, -0.15) is 0 Å². The van der Waals surface area contributed by atoms with Gasteiger partial charge in [0.05, 0.1) is 11.3 Å². The number of aliphatic carboxylic acids is 1. The van der Waals surface area contributed by atoms with Crippen molar-refractivity contribution in [2.45, 2.75) is 49.8 Å². The summed E-state index contributed by atoms with van der Waals surface area (Å²) < 4.78 is 36.5. The molecule has 0 aliphatic carbocycles. The third kappa shape index (κ3) is 7.16. The lowest BCUT2D eigenvalue weighted by Gasteiger charge is -2.23. The Labute approximate surface area is 218 Å². The minimum atomic E-state index is -4.37. The first kappa shape index (κ1) is 28.3. The highest BCUT2D eigenvalue weighted by atomic mass is 32.2. The number of alkyl carbamates (subject to hydrolysis) is 1. The van der Waals surface area contributed by atoms with Crippen molar-refractivity contribution in [2.75, 3.05) is 6.61 Å². The molecule has 0 aromatic heterocycles. The van der Waals surface area contributed by atoms with Crippen LogP contribution in [-0.2, 0) is 45.3 Å². The number of benzene rings is 2. The van der Waals surface area contributed by atoms with Gasteiger partial charge in [0.25, 0.3) is 10.0 Å². The molecule has 1 fully saturated rings. The van der Waals surface area contributed by atoms with Crippen LogP contribution in [-0.4, -0.2) is 66.2 Å². The fourth-order valence-corrected chi connectivity index (χ4v) is 5.26. The number of nitrogens with one attached hydrogen (secondary N) is 1. The van der Waals surface area contributed by atoms with Gasteiger partial charge >= 0.3 is 18.0 Å². The van der Waals surface area contributed by atoms with Crippen molar-refractivity contribution in [3.63, 3.8) is 0 Å². The molecular weight excluding hydrogens is 520 g/mol. The van der Waals surface area contributed by atoms with E-state index in [9.17, 15) is 32.4 Å². The van der Waals surface area contributed by atoms with Crippen LogP contribution in [0.3, 0.4) is 0 Å². The van der Waals surface area contributed by atoms with Gasteiger partial charge in [-0.15, -0.1) is 0 Å². The summed E-state index contributed by atoms with van der Waals surface area (Å²) in [4.78, 5) is 60.8. The van der Waals surface area contributed by atoms with Gasteiger partial charge in [0, 0.05) is 6.42 Å². The van der Waals surface area contributed by atoms with Crippen LogP contribution in [0.1, 0.15) is 30.4 Å². The molecule has 0 saturated carbocycles. The summed E-state index contributed by atoms with van der Waals surface area (Å²) in [5.41, 5.74) is 1.45. The minimum Gasteiger partial charge on any atom is -0.481 e. The number of hydrogen-bond acceptors (Lipinski definition) is 9. The van der Waals surface area contributed by atoms with Crippen LogP contribution in [0.5, 0.6) is 0 Å². The van der Waals surface area contributed by atoms with Crippen molar-refractivity contribution < 1.29 is 47.0 Å². The van der Waals surface area contributed by atoms with Crippen molar-refractivity contribution in [1.82, 2.24) is 9.62 Å². The molecule has 2 aromatic carbocycles. The van der Waals surface area contributed by atoms with E-state index in [2.05, 4.69) is 5.32 Å². The van der Waals surface area contributed by atoms with Crippen LogP contribution in [0, 0.1) is 6.92 Å². The van der Waals surface area contributed by atoms with Gasteiger partial charge in [0.2, 0.25) is 5.91 Å². The average Bonchev–Trinajstić information content (AvgIpc) is 3.28. The Kier molecular flexibility index (Phi) is 9.18. The molecular formula is C25H26N2O10S. The zero-order valence-corrected chi connectivity index (χ0v) is 21.2. The topological polar surface area (TPSA) is 173 Å². The number of carboxylic acids is 1. The maximum absolute atomic E-state index is 13.0. The molecule has 2 N–H and O–H groups in total. The number of sulfonamides is 1. The summed E-state index contributed by atoms with van der Waals surface area (Å²) in [6.07, 6.45) is -2.25. The number of carboxylic acid groups (broad SMARTS) is 1. The third-order valence-electron chi connectivity index (χ3n) is 5.64. The Hall–Kier alpha value is -4.26. The number of amides is 2. The van der Waals surface area contributed by atoms with Gasteiger partial charge in [0.1, 0.15) is 18.7 Å². The number of ketones is 1. The second-order valence-corrected chi connectivity index (χ2v) is 10.3. The van der Waals surface area contributed by atoms with E-state index in [1.807, 2.05) is 0 Å². The maximum atomic E-state index is 13.0. The first-order chi connectivity index (χ1) is 18.0. The SMILES string of the molecule is Cc1ccc(S(=O)(=O)N2C(=O)CCC2C(=O)OCC(=O)C(CC(=O)O)NC(=O)OCc2ccccc2)cc1. The molecule has 1 aliphatic heterocycles. The molecule has 1 heterocycles. The number of nitrogens with zero attached hydrogens (tertiary/aromatic N) is 1. The summed E-state index contributed by atoms with van der Waals surface area (Å²) in [6.45, 7) is 0.666. The first-order valence-electron chi connectivity index (χ1n) is 11.5. The number of hydrogen-bond donors (Lipinski definition) is 2. The zero-order valence-electron chi connectivity index (χ0n) is 20.4. The predicted molar refractivity (Wildman–Crippen MR) is 130 cm³/mol. The molecule has 12 nitrogen and oxygen atoms in total. The highest BCUT2D eigenvalue weighted by Crippen LogP contribution is 2.28. The summed E-state index contributed by atoms with van der Waals surface area (Å²) >= 11 is 0. The van der Waals surface area contributed by atoms with Gasteiger partial charge in [0.15, 0.2) is 12.4 Å². The number of carbonyl (C=O) groups is 5. The fourth-order valence-electron chi connectivity index (χ4n) is 3.67. The second kappa shape index (κ2) is 12.3. The lowest BCUT2D eigenvalue weighted by molar-refractivity contribution is -0.153. The number of Topliss-reactive ketones (excluding diaryl/α,β-unsaturated/α-hetero) is 1. The summed E-state index contributed by atoms with van der Waals surface area (Å²) in [7, 11) is -4.37. The van der Waals surface area contributed by atoms with Gasteiger partial charge in [-0.1, -0.05) is 48.0 Å². The number of ether oxygens (including phenoxy) is 2. The Morgan fingerprint density at radius 3 is 2.34 bits per heavy atom. The van der Waals surface area contributed by atoms with E-state index in [0.29, 0.717) is 9.87 Å². The number of carbonyl (C=O) groups excluding carboxylic acids is 4. The van der Waals surface area contributed by atoms with Crippen molar-refractivity contribution in [2.24, 2.45) is 0 Å². The van der Waals surface area contributed by atoms with E-state index in [1.165, 1.54) is 12.1 Å². The third-order valence-corrected chi connectivity index (χ3v) is 7.48. The molecule has 1 aliphatic rings. The van der Waals surface area contributed by atoms with E-state index in [-0.39, 0.29) is 24.3 Å². The molecule has 2 atom stereocenters. The first-order valence-corrected chi connectivity index (χ1v) is 13.0. The van der Waals surface area contributed by atoms with E-state index >= 15 is 0 Å². The standard InChI is InChI=1S/C25H26N2O10S/c1-16-7-9-18(10-8-16)38(34,35)27-20(11-12-22(27)29)24(32)36-15-21(28)19(13-23(30)31)26-25(33)37-14-17-5-3-2-4-6-17/h2-10,19-20H,11-15H2,1H3,(H,26,33)(H,30,31). The lowest BCUT2D eigenvalue weighted by atomic mass is 10.1. The Morgan fingerprint density at radius 2 is 1.71 bits per heavy atom. The fraction of sp³-hybridized carbons (Fsp3) is 0.320. The monoisotopic (exact) mass is 546 g/mol. The molecule has 0 radical (unpaired) electrons. The molecule has 2 amide bonds. The van der Waals surface area contributed by atoms with Gasteiger partial charge in [-0.25, -0.2) is 22.3 Å². The van der Waals surface area contributed by atoms with Crippen LogP contribution in [0.15, 0.2) is 59.5 Å². The molecule has 3 rings (SSSR count). The molecule has 0 spiro atoms. The van der Waals surface area contributed by atoms with E-state index < -0.39 is 64.9 Å². The Balaban J connectivity index is 1.63. The van der Waals surface area contributed by atoms with Crippen LogP contribution >= 0.6 is 0 Å². The molecule has 0 bridgehead atoms. The second-order valence-electron chi connectivity index (χ2n) is 8.49. The van der Waals surface area contributed by atoms with Crippen molar-refractivity contribution in [3.8, 4) is 0 Å². The smallest absolute Gasteiger partial charge is 0.408 e. The highest BCUT2D eigenvalue weighted by Gasteiger charge is 2.45. The Bertz CT molecular complexity index is 1310. The van der Waals surface area contributed by atoms with Crippen molar-refractivity contribution in [3.05, 3.63) is 65.7 Å². The van der Waals surface area contributed by atoms with Crippen LogP contribution < -0.4 is 5.32 Å². The van der Waals surface area contributed by atoms with Crippen LogP contribution in [0.2, 0.25) is 0 Å². The van der Waals surface area contributed by atoms with E-state index in [1.54, 1.807) is 49.4 Å². The van der Waals surface area contributed by atoms with Gasteiger partial charge in [-0.3, -0.25) is 14.4 Å². The largest absolute Gasteiger partial charge is 0.481 e. The van der Waals surface area contributed by atoms with Crippen LogP contribution in [0.4, 0.5) is 4.79 Å². The predicted octanol–water partition coefficient (Wildman–Crippen LogP) is 1.56. The quantitative estimate of drug-likeness (QED) is 0.394.